The molecular formula is C26H28N4O4S2. The summed E-state index contributed by atoms with van der Waals surface area (Å²) in [5.41, 5.74) is 2.97. The van der Waals surface area contributed by atoms with Crippen LogP contribution in [0.1, 0.15) is 34.3 Å². The molecule has 1 amide bonds. The van der Waals surface area contributed by atoms with Crippen molar-refractivity contribution in [1.82, 2.24) is 15.2 Å². The van der Waals surface area contributed by atoms with Gasteiger partial charge in [0.05, 0.1) is 24.9 Å². The van der Waals surface area contributed by atoms with Gasteiger partial charge in [-0.3, -0.25) is 9.59 Å². The van der Waals surface area contributed by atoms with Crippen molar-refractivity contribution in [2.45, 2.75) is 18.8 Å². The molecule has 0 radical (unpaired) electrons. The van der Waals surface area contributed by atoms with Gasteiger partial charge in [-0.1, -0.05) is 30.3 Å². The second kappa shape index (κ2) is 12.0. The van der Waals surface area contributed by atoms with Crippen LogP contribution in [0.3, 0.4) is 0 Å². The predicted molar refractivity (Wildman–Crippen MR) is 145 cm³/mol. The van der Waals surface area contributed by atoms with Crippen LogP contribution >= 0.6 is 23.6 Å². The molecule has 1 aromatic heterocycles. The van der Waals surface area contributed by atoms with E-state index in [0.717, 1.165) is 42.1 Å². The van der Waals surface area contributed by atoms with Gasteiger partial charge in [0.15, 0.2) is 5.11 Å². The number of amides is 1. The minimum Gasteiger partial charge on any atom is -0.497 e. The van der Waals surface area contributed by atoms with E-state index in [1.54, 1.807) is 7.11 Å². The zero-order valence-corrected chi connectivity index (χ0v) is 21.8. The van der Waals surface area contributed by atoms with Gasteiger partial charge in [0, 0.05) is 36.0 Å². The van der Waals surface area contributed by atoms with Gasteiger partial charge in [-0.25, -0.2) is 4.98 Å². The Morgan fingerprint density at radius 1 is 1.14 bits per heavy atom. The summed E-state index contributed by atoms with van der Waals surface area (Å²) < 4.78 is 10.0. The third kappa shape index (κ3) is 6.19. The molecule has 2 aromatic carbocycles. The molecule has 2 N–H and O–H groups in total. The van der Waals surface area contributed by atoms with Crippen LogP contribution < -0.4 is 15.4 Å². The largest absolute Gasteiger partial charge is 0.497 e. The lowest BCUT2D eigenvalue weighted by molar-refractivity contribution is -0.139. The molecule has 188 valence electrons. The average Bonchev–Trinajstić information content (AvgIpc) is 3.42. The van der Waals surface area contributed by atoms with E-state index in [9.17, 15) is 9.59 Å². The van der Waals surface area contributed by atoms with Gasteiger partial charge in [0.25, 0.3) is 5.91 Å². The third-order valence-electron chi connectivity index (χ3n) is 6.06. The van der Waals surface area contributed by atoms with Crippen molar-refractivity contribution < 1.29 is 19.1 Å². The summed E-state index contributed by atoms with van der Waals surface area (Å²) in [5, 5.41) is 9.25. The Labute approximate surface area is 219 Å². The molecule has 36 heavy (non-hydrogen) atoms. The van der Waals surface area contributed by atoms with Crippen LogP contribution in [0.2, 0.25) is 0 Å². The lowest BCUT2D eigenvalue weighted by Gasteiger charge is -2.33. The first-order chi connectivity index (χ1) is 17.5. The van der Waals surface area contributed by atoms with Crippen LogP contribution in [0.25, 0.3) is 11.1 Å². The molecule has 1 aliphatic rings. The summed E-state index contributed by atoms with van der Waals surface area (Å²) in [4.78, 5) is 31.1. The van der Waals surface area contributed by atoms with Crippen molar-refractivity contribution in [3.63, 3.8) is 0 Å². The van der Waals surface area contributed by atoms with Crippen molar-refractivity contribution >= 4 is 46.2 Å². The molecule has 1 saturated heterocycles. The van der Waals surface area contributed by atoms with Gasteiger partial charge in [-0.2, -0.15) is 0 Å². The first-order valence-electron chi connectivity index (χ1n) is 11.6. The molecular weight excluding hydrogens is 496 g/mol. The van der Waals surface area contributed by atoms with Crippen molar-refractivity contribution in [2.24, 2.45) is 0 Å². The van der Waals surface area contributed by atoms with E-state index in [1.165, 1.54) is 18.4 Å². The van der Waals surface area contributed by atoms with Gasteiger partial charge in [-0.05, 0) is 42.8 Å². The van der Waals surface area contributed by atoms with Gasteiger partial charge in [0.2, 0.25) is 0 Å². The number of methoxy groups -OCH3 is 2. The van der Waals surface area contributed by atoms with E-state index in [0.29, 0.717) is 22.2 Å². The second-order valence-corrected chi connectivity index (χ2v) is 9.58. The van der Waals surface area contributed by atoms with Crippen molar-refractivity contribution in [1.29, 1.82) is 0 Å². The number of piperidine rings is 1. The highest BCUT2D eigenvalue weighted by Crippen LogP contribution is 2.33. The Hall–Kier alpha value is -3.50. The fraction of sp³-hybridized carbons (Fsp3) is 0.308. The molecule has 8 nitrogen and oxygen atoms in total. The molecule has 0 aliphatic carbocycles. The van der Waals surface area contributed by atoms with E-state index >= 15 is 0 Å². The number of benzene rings is 2. The molecule has 0 spiro atoms. The zero-order valence-electron chi connectivity index (χ0n) is 20.2. The molecule has 0 atom stereocenters. The highest BCUT2D eigenvalue weighted by atomic mass is 32.1. The quantitative estimate of drug-likeness (QED) is 0.349. The van der Waals surface area contributed by atoms with Crippen LogP contribution in [0.15, 0.2) is 53.9 Å². The molecule has 0 bridgehead atoms. The van der Waals surface area contributed by atoms with Crippen LogP contribution in [0, 0.1) is 0 Å². The van der Waals surface area contributed by atoms with E-state index < -0.39 is 0 Å². The number of anilines is 1. The lowest BCUT2D eigenvalue weighted by atomic mass is 9.98. The number of thiocarbonyl (C=S) groups is 1. The van der Waals surface area contributed by atoms with Crippen molar-refractivity contribution in [3.05, 3.63) is 64.6 Å². The SMILES string of the molecule is COC(=O)CNC(=S)N1CCC(c2nc(C(=O)Nc3cc(OC)ccc3-c3ccccc3)cs2)CC1. The number of ether oxygens (including phenoxy) is 2. The number of likely N-dealkylation sites (tertiary alicyclic amines) is 1. The Morgan fingerprint density at radius 2 is 1.89 bits per heavy atom. The van der Waals surface area contributed by atoms with Crippen LogP contribution in [-0.2, 0) is 9.53 Å². The van der Waals surface area contributed by atoms with E-state index in [-0.39, 0.29) is 24.3 Å². The number of carbonyl (C=O) groups is 2. The predicted octanol–water partition coefficient (Wildman–Crippen LogP) is 4.30. The maximum Gasteiger partial charge on any atom is 0.325 e. The number of rotatable bonds is 7. The standard InChI is InChI=1S/C26H28N4O4S2/c1-33-19-8-9-20(17-6-4-3-5-7-17)21(14-19)28-24(32)22-16-36-25(29-22)18-10-12-30(13-11-18)26(35)27-15-23(31)34-2/h3-9,14,16,18H,10-13,15H2,1-2H3,(H,27,35)(H,28,32). The number of nitrogens with one attached hydrogen (secondary N) is 2. The van der Waals surface area contributed by atoms with Gasteiger partial charge in [-0.15, -0.1) is 11.3 Å². The Balaban J connectivity index is 1.39. The number of nitrogens with zero attached hydrogens (tertiary/aromatic N) is 2. The van der Waals surface area contributed by atoms with E-state index in [1.807, 2.05) is 58.8 Å². The topological polar surface area (TPSA) is 92.8 Å². The maximum atomic E-state index is 13.1. The Kier molecular flexibility index (Phi) is 8.50. The summed E-state index contributed by atoms with van der Waals surface area (Å²) >= 11 is 6.90. The van der Waals surface area contributed by atoms with Gasteiger partial charge < -0.3 is 25.0 Å². The Morgan fingerprint density at radius 3 is 2.58 bits per heavy atom. The Bertz CT molecular complexity index is 1220. The normalized spacial score (nSPS) is 13.7. The summed E-state index contributed by atoms with van der Waals surface area (Å²) in [5.74, 6) is 0.307. The number of carbonyl (C=O) groups excluding carboxylic acids is 2. The number of hydrogen-bond donors (Lipinski definition) is 2. The fourth-order valence-electron chi connectivity index (χ4n) is 4.05. The highest BCUT2D eigenvalue weighted by molar-refractivity contribution is 7.80. The minimum absolute atomic E-state index is 0.0550. The van der Waals surface area contributed by atoms with Crippen molar-refractivity contribution in [3.8, 4) is 16.9 Å². The fourth-order valence-corrected chi connectivity index (χ4v) is 5.28. The van der Waals surface area contributed by atoms with Crippen LogP contribution in [0.5, 0.6) is 5.75 Å². The smallest absolute Gasteiger partial charge is 0.325 e. The van der Waals surface area contributed by atoms with E-state index in [2.05, 4.69) is 20.4 Å². The number of hydrogen-bond acceptors (Lipinski definition) is 7. The van der Waals surface area contributed by atoms with Gasteiger partial charge in [0.1, 0.15) is 18.0 Å². The summed E-state index contributed by atoms with van der Waals surface area (Å²) in [7, 11) is 2.95. The molecule has 0 unspecified atom stereocenters. The first-order valence-corrected chi connectivity index (χ1v) is 12.9. The third-order valence-corrected chi connectivity index (χ3v) is 7.47. The summed E-state index contributed by atoms with van der Waals surface area (Å²) in [6, 6.07) is 15.5. The molecule has 10 heteroatoms. The monoisotopic (exact) mass is 524 g/mol. The average molecular weight is 525 g/mol. The van der Waals surface area contributed by atoms with Crippen molar-refractivity contribution in [2.75, 3.05) is 39.2 Å². The molecule has 2 heterocycles. The summed E-state index contributed by atoms with van der Waals surface area (Å²) in [6.45, 7) is 1.56. The molecule has 4 rings (SSSR count). The molecule has 1 aliphatic heterocycles. The molecule has 0 saturated carbocycles. The minimum atomic E-state index is -0.356. The number of esters is 1. The van der Waals surface area contributed by atoms with E-state index in [4.69, 9.17) is 17.0 Å². The molecule has 3 aromatic rings. The van der Waals surface area contributed by atoms with Crippen LogP contribution in [0.4, 0.5) is 5.69 Å². The zero-order chi connectivity index (χ0) is 25.5. The molecule has 1 fully saturated rings. The highest BCUT2D eigenvalue weighted by Gasteiger charge is 2.25. The number of thiazole rings is 1. The number of aromatic nitrogens is 1. The lowest BCUT2D eigenvalue weighted by Crippen LogP contribution is -2.45. The first kappa shape index (κ1) is 25.6. The van der Waals surface area contributed by atoms with Crippen LogP contribution in [-0.4, -0.2) is 60.7 Å². The second-order valence-electron chi connectivity index (χ2n) is 8.30. The van der Waals surface area contributed by atoms with Gasteiger partial charge >= 0.3 is 5.97 Å². The summed E-state index contributed by atoms with van der Waals surface area (Å²) in [6.07, 6.45) is 1.73. The maximum absolute atomic E-state index is 13.1.